The lowest BCUT2D eigenvalue weighted by atomic mass is 10.1. The van der Waals surface area contributed by atoms with Gasteiger partial charge in [-0.15, -0.1) is 0 Å². The van der Waals surface area contributed by atoms with E-state index in [-0.39, 0.29) is 17.4 Å². The molecule has 0 unspecified atom stereocenters. The number of hydrogen-bond acceptors (Lipinski definition) is 4. The Labute approximate surface area is 170 Å². The number of unbranched alkanes of at least 4 members (excludes halogenated alkanes) is 4. The Bertz CT molecular complexity index is 993. The molecule has 2 aromatic heterocycles. The molecule has 0 radical (unpaired) electrons. The Kier molecular flexibility index (Phi) is 7.05. The van der Waals surface area contributed by atoms with Gasteiger partial charge in [-0.1, -0.05) is 50.8 Å². The number of anilines is 2. The Morgan fingerprint density at radius 2 is 1.90 bits per heavy atom. The maximum atomic E-state index is 12.6. The molecule has 7 heteroatoms. The van der Waals surface area contributed by atoms with Crippen molar-refractivity contribution in [2.24, 2.45) is 0 Å². The molecule has 154 valence electrons. The van der Waals surface area contributed by atoms with Crippen molar-refractivity contribution in [2.75, 3.05) is 17.3 Å². The van der Waals surface area contributed by atoms with Crippen LogP contribution in [0.15, 0.2) is 41.3 Å². The highest BCUT2D eigenvalue weighted by molar-refractivity contribution is 5.90. The smallest absolute Gasteiger partial charge is 0.262 e. The predicted molar refractivity (Wildman–Crippen MR) is 117 cm³/mol. The first kappa shape index (κ1) is 20.6. The van der Waals surface area contributed by atoms with Gasteiger partial charge in [0.2, 0.25) is 11.9 Å². The van der Waals surface area contributed by atoms with Gasteiger partial charge >= 0.3 is 0 Å². The van der Waals surface area contributed by atoms with Crippen LogP contribution in [0.5, 0.6) is 0 Å². The molecule has 0 saturated heterocycles. The zero-order valence-corrected chi connectivity index (χ0v) is 17.1. The summed E-state index contributed by atoms with van der Waals surface area (Å²) in [5, 5.41) is 3.22. The van der Waals surface area contributed by atoms with Crippen LogP contribution in [0.4, 0.5) is 11.6 Å². The van der Waals surface area contributed by atoms with Crippen molar-refractivity contribution < 1.29 is 4.79 Å². The van der Waals surface area contributed by atoms with Gasteiger partial charge in [-0.25, -0.2) is 0 Å². The van der Waals surface area contributed by atoms with E-state index >= 15 is 0 Å². The average molecular weight is 396 g/mol. The molecule has 3 rings (SSSR count). The average Bonchev–Trinajstić information content (AvgIpc) is 3.11. The normalized spacial score (nSPS) is 11.0. The summed E-state index contributed by atoms with van der Waals surface area (Å²) in [7, 11) is 1.98. The zero-order chi connectivity index (χ0) is 20.6. The van der Waals surface area contributed by atoms with Crippen molar-refractivity contribution >= 4 is 28.6 Å². The first-order valence-corrected chi connectivity index (χ1v) is 10.2. The maximum Gasteiger partial charge on any atom is 0.262 e. The van der Waals surface area contributed by atoms with E-state index in [1.165, 1.54) is 12.8 Å². The fourth-order valence-electron chi connectivity index (χ4n) is 3.40. The fraction of sp³-hybridized carbons (Fsp3) is 0.409. The van der Waals surface area contributed by atoms with Gasteiger partial charge in [0.25, 0.3) is 5.56 Å². The van der Waals surface area contributed by atoms with Crippen LogP contribution in [0.3, 0.4) is 0 Å². The lowest BCUT2D eigenvalue weighted by Crippen LogP contribution is -2.20. The number of aromatic amines is 2. The van der Waals surface area contributed by atoms with Crippen LogP contribution in [-0.4, -0.2) is 27.9 Å². The number of carbonyl (C=O) groups is 1. The molecular formula is C22H29N5O2. The minimum Gasteiger partial charge on any atom is -0.370 e. The fourth-order valence-corrected chi connectivity index (χ4v) is 3.40. The number of nitrogens with one attached hydrogen (secondary N) is 3. The molecule has 0 aliphatic heterocycles. The first-order valence-electron chi connectivity index (χ1n) is 10.2. The third-order valence-electron chi connectivity index (χ3n) is 4.99. The van der Waals surface area contributed by atoms with E-state index in [2.05, 4.69) is 32.1 Å². The van der Waals surface area contributed by atoms with Crippen molar-refractivity contribution in [1.29, 1.82) is 0 Å². The molecule has 0 atom stereocenters. The standard InChI is InChI=1S/C22H29N5O2/c1-3-4-5-6-10-13-18(28)24-22-25-20-19(21(29)26-22)16(14-23-20)15-27(2)17-11-8-7-9-12-17/h7-9,11-12,14H,3-6,10,13,15H2,1-2H3,(H3,23,24,25,26,28,29). The number of aromatic nitrogens is 3. The number of benzene rings is 1. The number of carbonyl (C=O) groups excluding carboxylic acids is 1. The number of nitrogens with zero attached hydrogens (tertiary/aromatic N) is 2. The van der Waals surface area contributed by atoms with E-state index in [1.807, 2.05) is 37.4 Å². The monoisotopic (exact) mass is 395 g/mol. The van der Waals surface area contributed by atoms with Gasteiger partial charge in [-0.2, -0.15) is 4.98 Å². The Hall–Kier alpha value is -3.09. The summed E-state index contributed by atoms with van der Waals surface area (Å²) in [6.07, 6.45) is 7.64. The minimum absolute atomic E-state index is 0.125. The SMILES string of the molecule is CCCCCCCC(=O)Nc1nc2[nH]cc(CN(C)c3ccccc3)c2c(=O)[nH]1. The van der Waals surface area contributed by atoms with E-state index in [0.29, 0.717) is 24.0 Å². The van der Waals surface area contributed by atoms with Gasteiger partial charge in [-0.05, 0) is 18.6 Å². The number of fused-ring (bicyclic) bond motifs is 1. The summed E-state index contributed by atoms with van der Waals surface area (Å²) in [6.45, 7) is 2.73. The molecule has 29 heavy (non-hydrogen) atoms. The van der Waals surface area contributed by atoms with E-state index in [9.17, 15) is 9.59 Å². The van der Waals surface area contributed by atoms with Crippen molar-refractivity contribution in [1.82, 2.24) is 15.0 Å². The van der Waals surface area contributed by atoms with E-state index in [0.717, 1.165) is 30.5 Å². The molecule has 0 aliphatic rings. The van der Waals surface area contributed by atoms with Gasteiger partial charge < -0.3 is 9.88 Å². The van der Waals surface area contributed by atoms with Crippen molar-refractivity contribution in [3.63, 3.8) is 0 Å². The van der Waals surface area contributed by atoms with Gasteiger partial charge in [0.05, 0.1) is 5.39 Å². The third-order valence-corrected chi connectivity index (χ3v) is 4.99. The third kappa shape index (κ3) is 5.47. The number of rotatable bonds is 10. The quantitative estimate of drug-likeness (QED) is 0.449. The van der Waals surface area contributed by atoms with Crippen molar-refractivity contribution in [3.8, 4) is 0 Å². The number of H-pyrrole nitrogens is 2. The zero-order valence-electron chi connectivity index (χ0n) is 17.1. The van der Waals surface area contributed by atoms with Crippen LogP contribution in [0.1, 0.15) is 51.0 Å². The van der Waals surface area contributed by atoms with E-state index in [1.54, 1.807) is 6.20 Å². The summed E-state index contributed by atoms with van der Waals surface area (Å²) < 4.78 is 0. The van der Waals surface area contributed by atoms with Crippen LogP contribution >= 0.6 is 0 Å². The lowest BCUT2D eigenvalue weighted by molar-refractivity contribution is -0.116. The Balaban J connectivity index is 1.66. The molecule has 0 aliphatic carbocycles. The van der Waals surface area contributed by atoms with E-state index in [4.69, 9.17) is 0 Å². The molecule has 1 aromatic carbocycles. The molecule has 1 amide bonds. The van der Waals surface area contributed by atoms with Crippen molar-refractivity contribution in [3.05, 3.63) is 52.4 Å². The van der Waals surface area contributed by atoms with Crippen LogP contribution in [0, 0.1) is 0 Å². The van der Waals surface area contributed by atoms with Crippen LogP contribution < -0.4 is 15.8 Å². The second-order valence-corrected chi connectivity index (χ2v) is 7.36. The molecule has 2 heterocycles. The highest BCUT2D eigenvalue weighted by Crippen LogP contribution is 2.19. The second kappa shape index (κ2) is 9.91. The summed E-state index contributed by atoms with van der Waals surface area (Å²) in [4.78, 5) is 36.9. The van der Waals surface area contributed by atoms with Gasteiger partial charge in [-0.3, -0.25) is 19.9 Å². The molecule has 3 aromatic rings. The highest BCUT2D eigenvalue weighted by atomic mass is 16.2. The topological polar surface area (TPSA) is 93.9 Å². The summed E-state index contributed by atoms with van der Waals surface area (Å²) in [6, 6.07) is 9.97. The van der Waals surface area contributed by atoms with Crippen LogP contribution in [-0.2, 0) is 11.3 Å². The predicted octanol–water partition coefficient (Wildman–Crippen LogP) is 4.19. The lowest BCUT2D eigenvalue weighted by Gasteiger charge is -2.18. The van der Waals surface area contributed by atoms with Crippen molar-refractivity contribution in [2.45, 2.75) is 52.0 Å². The Morgan fingerprint density at radius 3 is 2.66 bits per heavy atom. The van der Waals surface area contributed by atoms with E-state index < -0.39 is 0 Å². The molecule has 0 saturated carbocycles. The van der Waals surface area contributed by atoms with Crippen LogP contribution in [0.2, 0.25) is 0 Å². The molecule has 3 N–H and O–H groups in total. The minimum atomic E-state index is -0.258. The first-order chi connectivity index (χ1) is 14.1. The largest absolute Gasteiger partial charge is 0.370 e. The van der Waals surface area contributed by atoms with Gasteiger partial charge in [0.1, 0.15) is 5.65 Å². The number of para-hydroxylation sites is 1. The number of hydrogen-bond donors (Lipinski definition) is 3. The van der Waals surface area contributed by atoms with Gasteiger partial charge in [0, 0.05) is 37.5 Å². The maximum absolute atomic E-state index is 12.6. The Morgan fingerprint density at radius 1 is 1.14 bits per heavy atom. The molecule has 7 nitrogen and oxygen atoms in total. The summed E-state index contributed by atoms with van der Waals surface area (Å²) in [5.74, 6) is 0.0606. The molecule has 0 spiro atoms. The summed E-state index contributed by atoms with van der Waals surface area (Å²) in [5.41, 5.74) is 2.14. The number of amides is 1. The van der Waals surface area contributed by atoms with Gasteiger partial charge in [0.15, 0.2) is 0 Å². The second-order valence-electron chi connectivity index (χ2n) is 7.36. The molecular weight excluding hydrogens is 366 g/mol. The summed E-state index contributed by atoms with van der Waals surface area (Å²) >= 11 is 0. The molecule has 0 fully saturated rings. The molecule has 0 bridgehead atoms. The highest BCUT2D eigenvalue weighted by Gasteiger charge is 2.14. The van der Waals surface area contributed by atoms with Crippen LogP contribution in [0.25, 0.3) is 11.0 Å².